The Morgan fingerprint density at radius 1 is 1.25 bits per heavy atom. The monoisotopic (exact) mass is 328 g/mol. The van der Waals surface area contributed by atoms with E-state index < -0.39 is 6.10 Å². The molecule has 0 saturated heterocycles. The molecule has 1 aromatic carbocycles. The van der Waals surface area contributed by atoms with Gasteiger partial charge in [0.1, 0.15) is 11.5 Å². The maximum atomic E-state index is 12.1. The number of aryl methyl sites for hydroxylation is 1. The van der Waals surface area contributed by atoms with Gasteiger partial charge in [0.05, 0.1) is 0 Å². The van der Waals surface area contributed by atoms with E-state index in [0.717, 1.165) is 0 Å². The number of aromatic nitrogens is 1. The molecular weight excluding hydrogens is 304 g/mol. The summed E-state index contributed by atoms with van der Waals surface area (Å²) in [5.74, 6) is 2.18. The molecule has 1 unspecified atom stereocenters. The molecular formula is C19H24N2O3. The van der Waals surface area contributed by atoms with Crippen LogP contribution in [0.2, 0.25) is 0 Å². The zero-order chi connectivity index (χ0) is 16.9. The van der Waals surface area contributed by atoms with Gasteiger partial charge in [0.25, 0.3) is 5.91 Å². The van der Waals surface area contributed by atoms with E-state index in [9.17, 15) is 4.79 Å². The number of carbonyl (C=O) groups is 1. The third-order valence-electron chi connectivity index (χ3n) is 4.52. The minimum absolute atomic E-state index is 0.250. The number of amides is 1. The van der Waals surface area contributed by atoms with E-state index in [-0.39, 0.29) is 5.91 Å². The van der Waals surface area contributed by atoms with Crippen LogP contribution in [0.15, 0.2) is 34.9 Å². The lowest BCUT2D eigenvalue weighted by Crippen LogP contribution is -2.30. The fourth-order valence-corrected chi connectivity index (χ4v) is 3.17. The van der Waals surface area contributed by atoms with E-state index in [0.29, 0.717) is 23.2 Å². The summed E-state index contributed by atoms with van der Waals surface area (Å²) in [6.45, 7) is 3.49. The average Bonchev–Trinajstić information content (AvgIpc) is 3.01. The highest BCUT2D eigenvalue weighted by atomic mass is 16.5. The fraction of sp³-hybridized carbons (Fsp3) is 0.474. The van der Waals surface area contributed by atoms with Crippen LogP contribution in [0, 0.1) is 6.92 Å². The summed E-state index contributed by atoms with van der Waals surface area (Å²) in [6.07, 6.45) is 5.94. The van der Waals surface area contributed by atoms with Crippen molar-refractivity contribution in [2.75, 3.05) is 5.32 Å². The number of nitrogens with one attached hydrogen (secondary N) is 1. The van der Waals surface area contributed by atoms with Crippen molar-refractivity contribution in [3.8, 4) is 5.75 Å². The molecule has 128 valence electrons. The second kappa shape index (κ2) is 7.51. The quantitative estimate of drug-likeness (QED) is 0.881. The summed E-state index contributed by atoms with van der Waals surface area (Å²) in [4.78, 5) is 12.1. The van der Waals surface area contributed by atoms with Gasteiger partial charge in [-0.3, -0.25) is 4.79 Å². The molecule has 1 heterocycles. The highest BCUT2D eigenvalue weighted by Crippen LogP contribution is 2.33. The molecule has 1 fully saturated rings. The maximum Gasteiger partial charge on any atom is 0.266 e. The predicted molar refractivity (Wildman–Crippen MR) is 92.2 cm³/mol. The molecule has 1 amide bonds. The number of hydrogen-bond acceptors (Lipinski definition) is 4. The number of anilines is 1. The van der Waals surface area contributed by atoms with Crippen LogP contribution in [-0.2, 0) is 4.79 Å². The highest BCUT2D eigenvalue weighted by molar-refractivity contribution is 5.93. The van der Waals surface area contributed by atoms with Gasteiger partial charge in [-0.1, -0.05) is 36.6 Å². The summed E-state index contributed by atoms with van der Waals surface area (Å²) in [7, 11) is 0. The zero-order valence-electron chi connectivity index (χ0n) is 14.2. The van der Waals surface area contributed by atoms with Gasteiger partial charge in [0.15, 0.2) is 11.9 Å². The number of hydrogen-bond donors (Lipinski definition) is 1. The fourth-order valence-electron chi connectivity index (χ4n) is 3.17. The van der Waals surface area contributed by atoms with Gasteiger partial charge in [-0.15, -0.1) is 0 Å². The van der Waals surface area contributed by atoms with E-state index >= 15 is 0 Å². The Morgan fingerprint density at radius 3 is 2.58 bits per heavy atom. The molecule has 0 aliphatic heterocycles. The molecule has 0 radical (unpaired) electrons. The largest absolute Gasteiger partial charge is 0.481 e. The average molecular weight is 328 g/mol. The van der Waals surface area contributed by atoms with Crippen molar-refractivity contribution < 1.29 is 14.1 Å². The molecule has 5 nitrogen and oxygen atoms in total. The number of benzene rings is 1. The van der Waals surface area contributed by atoms with Crippen LogP contribution in [0.4, 0.5) is 5.82 Å². The minimum Gasteiger partial charge on any atom is -0.481 e. The van der Waals surface area contributed by atoms with E-state index in [1.807, 2.05) is 12.1 Å². The number of nitrogens with zero attached hydrogens (tertiary/aromatic N) is 1. The standard InChI is InChI=1S/C19H24N2O3/c1-13-12-18(21-24-13)20-19(22)14(2)23-17-10-8-16(9-11-17)15-6-4-3-5-7-15/h8-12,14-15H,3-7H2,1-2H3,(H,20,21,22). The molecule has 5 heteroatoms. The molecule has 3 rings (SSSR count). The SMILES string of the molecule is Cc1cc(NC(=O)C(C)Oc2ccc(C3CCCCC3)cc2)no1. The lowest BCUT2D eigenvalue weighted by atomic mass is 9.84. The molecule has 1 aliphatic carbocycles. The van der Waals surface area contributed by atoms with E-state index in [1.54, 1.807) is 19.9 Å². The summed E-state index contributed by atoms with van der Waals surface area (Å²) >= 11 is 0. The summed E-state index contributed by atoms with van der Waals surface area (Å²) in [5, 5.41) is 6.42. The van der Waals surface area contributed by atoms with Gasteiger partial charge in [0.2, 0.25) is 0 Å². The van der Waals surface area contributed by atoms with E-state index in [2.05, 4.69) is 22.6 Å². The molecule has 1 saturated carbocycles. The second-order valence-electron chi connectivity index (χ2n) is 6.48. The van der Waals surface area contributed by atoms with E-state index in [1.165, 1.54) is 37.7 Å². The van der Waals surface area contributed by atoms with Crippen molar-refractivity contribution in [2.24, 2.45) is 0 Å². The highest BCUT2D eigenvalue weighted by Gasteiger charge is 2.18. The molecule has 0 bridgehead atoms. The van der Waals surface area contributed by atoms with Gasteiger partial charge >= 0.3 is 0 Å². The predicted octanol–water partition coefficient (Wildman–Crippen LogP) is 4.44. The van der Waals surface area contributed by atoms with Crippen molar-refractivity contribution >= 4 is 11.7 Å². The zero-order valence-corrected chi connectivity index (χ0v) is 14.2. The van der Waals surface area contributed by atoms with Crippen LogP contribution < -0.4 is 10.1 Å². The summed E-state index contributed by atoms with van der Waals surface area (Å²) < 4.78 is 10.7. The van der Waals surface area contributed by atoms with Gasteiger partial charge < -0.3 is 14.6 Å². The van der Waals surface area contributed by atoms with Gasteiger partial charge in [0, 0.05) is 6.07 Å². The Balaban J connectivity index is 1.55. The van der Waals surface area contributed by atoms with Crippen molar-refractivity contribution in [2.45, 2.75) is 58.0 Å². The smallest absolute Gasteiger partial charge is 0.266 e. The molecule has 1 aromatic heterocycles. The first-order chi connectivity index (χ1) is 11.6. The normalized spacial score (nSPS) is 16.6. The lowest BCUT2D eigenvalue weighted by molar-refractivity contribution is -0.122. The Labute approximate surface area is 142 Å². The van der Waals surface area contributed by atoms with E-state index in [4.69, 9.17) is 9.26 Å². The summed E-state index contributed by atoms with van der Waals surface area (Å²) in [5.41, 5.74) is 1.37. The van der Waals surface area contributed by atoms with Crippen LogP contribution in [0.25, 0.3) is 0 Å². The van der Waals surface area contributed by atoms with Crippen LogP contribution in [0.3, 0.4) is 0 Å². The van der Waals surface area contributed by atoms with Crippen molar-refractivity contribution in [1.29, 1.82) is 0 Å². The summed E-state index contributed by atoms with van der Waals surface area (Å²) in [6, 6.07) is 9.82. The van der Waals surface area contributed by atoms with Crippen LogP contribution in [-0.4, -0.2) is 17.2 Å². The number of rotatable bonds is 5. The van der Waals surface area contributed by atoms with Crippen molar-refractivity contribution in [3.63, 3.8) is 0 Å². The number of carbonyl (C=O) groups excluding carboxylic acids is 1. The topological polar surface area (TPSA) is 64.4 Å². The Hall–Kier alpha value is -2.30. The van der Waals surface area contributed by atoms with Crippen molar-refractivity contribution in [3.05, 3.63) is 41.7 Å². The van der Waals surface area contributed by atoms with Crippen LogP contribution >= 0.6 is 0 Å². The molecule has 1 aliphatic rings. The van der Waals surface area contributed by atoms with Gasteiger partial charge in [-0.25, -0.2) is 0 Å². The third kappa shape index (κ3) is 4.16. The molecule has 1 atom stereocenters. The Kier molecular flexibility index (Phi) is 5.18. The molecule has 24 heavy (non-hydrogen) atoms. The van der Waals surface area contributed by atoms with Crippen molar-refractivity contribution in [1.82, 2.24) is 5.16 Å². The maximum absolute atomic E-state index is 12.1. The van der Waals surface area contributed by atoms with Gasteiger partial charge in [-0.05, 0) is 50.3 Å². The lowest BCUT2D eigenvalue weighted by Gasteiger charge is -2.22. The Morgan fingerprint density at radius 2 is 1.96 bits per heavy atom. The first-order valence-corrected chi connectivity index (χ1v) is 8.62. The third-order valence-corrected chi connectivity index (χ3v) is 4.52. The van der Waals surface area contributed by atoms with Crippen LogP contribution in [0.5, 0.6) is 5.75 Å². The molecule has 2 aromatic rings. The van der Waals surface area contributed by atoms with Gasteiger partial charge in [-0.2, -0.15) is 0 Å². The Bertz CT molecular complexity index is 672. The minimum atomic E-state index is -0.609. The number of ether oxygens (including phenoxy) is 1. The molecule has 0 spiro atoms. The first-order valence-electron chi connectivity index (χ1n) is 8.62. The van der Waals surface area contributed by atoms with Crippen LogP contribution in [0.1, 0.15) is 56.3 Å². The second-order valence-corrected chi connectivity index (χ2v) is 6.48. The first kappa shape index (κ1) is 16.6. The molecule has 1 N–H and O–H groups in total.